The van der Waals surface area contributed by atoms with Gasteiger partial charge in [-0.1, -0.05) is 26.8 Å². The van der Waals surface area contributed by atoms with Gasteiger partial charge in [0.05, 0.1) is 0 Å². The molecule has 0 aliphatic carbocycles. The van der Waals surface area contributed by atoms with E-state index >= 15 is 0 Å². The Morgan fingerprint density at radius 1 is 1.16 bits per heavy atom. The van der Waals surface area contributed by atoms with E-state index in [2.05, 4.69) is 38.2 Å². The Hall–Kier alpha value is -1.22. The number of hydrogen-bond acceptors (Lipinski definition) is 3. The third kappa shape index (κ3) is 3.41. The van der Waals surface area contributed by atoms with Gasteiger partial charge in [0.1, 0.15) is 13.2 Å². The maximum Gasteiger partial charge on any atom is 0.161 e. The van der Waals surface area contributed by atoms with Crippen molar-refractivity contribution in [2.45, 2.75) is 33.1 Å². The first-order valence-electron chi connectivity index (χ1n) is 7.06. The predicted molar refractivity (Wildman–Crippen MR) is 78.2 cm³/mol. The molecule has 0 fully saturated rings. The van der Waals surface area contributed by atoms with Crippen LogP contribution in [-0.2, 0) is 0 Å². The number of hydrogen-bond donors (Lipinski definition) is 1. The van der Waals surface area contributed by atoms with E-state index in [1.165, 1.54) is 5.56 Å². The molecule has 3 heteroatoms. The second kappa shape index (κ2) is 5.83. The van der Waals surface area contributed by atoms with Crippen LogP contribution in [0.5, 0.6) is 11.5 Å². The lowest BCUT2D eigenvalue weighted by Gasteiger charge is -2.32. The highest BCUT2D eigenvalue weighted by molar-refractivity contribution is 5.45. The maximum atomic E-state index is 5.69. The van der Waals surface area contributed by atoms with Crippen molar-refractivity contribution in [2.24, 2.45) is 5.41 Å². The van der Waals surface area contributed by atoms with Crippen LogP contribution in [0.1, 0.15) is 38.7 Å². The zero-order chi connectivity index (χ0) is 13.9. The molecule has 0 bridgehead atoms. The van der Waals surface area contributed by atoms with Crippen LogP contribution in [0.3, 0.4) is 0 Å². The van der Waals surface area contributed by atoms with Crippen LogP contribution in [0.4, 0.5) is 0 Å². The number of fused-ring (bicyclic) bond motifs is 1. The summed E-state index contributed by atoms with van der Waals surface area (Å²) in [6.07, 6.45) is 1.12. The van der Waals surface area contributed by atoms with Gasteiger partial charge in [-0.15, -0.1) is 0 Å². The summed E-state index contributed by atoms with van der Waals surface area (Å²) in [5.74, 6) is 2.27. The van der Waals surface area contributed by atoms with Crippen molar-refractivity contribution in [1.29, 1.82) is 0 Å². The van der Waals surface area contributed by atoms with Crippen molar-refractivity contribution in [3.05, 3.63) is 23.8 Å². The summed E-state index contributed by atoms with van der Waals surface area (Å²) in [6.45, 7) is 9.21. The average molecular weight is 263 g/mol. The number of rotatable bonds is 4. The molecule has 1 aliphatic heterocycles. The van der Waals surface area contributed by atoms with Crippen molar-refractivity contribution in [2.75, 3.05) is 26.8 Å². The van der Waals surface area contributed by atoms with Crippen LogP contribution in [0.15, 0.2) is 18.2 Å². The molecule has 0 saturated carbocycles. The van der Waals surface area contributed by atoms with E-state index in [0.717, 1.165) is 24.5 Å². The van der Waals surface area contributed by atoms with Crippen LogP contribution in [0.25, 0.3) is 0 Å². The smallest absolute Gasteiger partial charge is 0.161 e. The molecular weight excluding hydrogens is 238 g/mol. The van der Waals surface area contributed by atoms with Crippen molar-refractivity contribution in [3.63, 3.8) is 0 Å². The molecule has 1 atom stereocenters. The van der Waals surface area contributed by atoms with Crippen molar-refractivity contribution >= 4 is 0 Å². The average Bonchev–Trinajstić information content (AvgIpc) is 2.37. The summed E-state index contributed by atoms with van der Waals surface area (Å²) >= 11 is 0. The zero-order valence-electron chi connectivity index (χ0n) is 12.5. The Labute approximate surface area is 116 Å². The van der Waals surface area contributed by atoms with Gasteiger partial charge in [0.15, 0.2) is 11.5 Å². The number of nitrogens with one attached hydrogen (secondary N) is 1. The summed E-state index contributed by atoms with van der Waals surface area (Å²) < 4.78 is 11.3. The van der Waals surface area contributed by atoms with Crippen molar-refractivity contribution < 1.29 is 9.47 Å². The van der Waals surface area contributed by atoms with Crippen molar-refractivity contribution in [1.82, 2.24) is 5.32 Å². The Bertz CT molecular complexity index is 423. The van der Waals surface area contributed by atoms with Gasteiger partial charge < -0.3 is 14.8 Å². The third-order valence-electron chi connectivity index (χ3n) is 3.70. The Morgan fingerprint density at radius 3 is 2.47 bits per heavy atom. The topological polar surface area (TPSA) is 30.5 Å². The molecule has 0 amide bonds. The molecule has 1 aromatic rings. The highest BCUT2D eigenvalue weighted by Crippen LogP contribution is 2.41. The molecule has 0 radical (unpaired) electrons. The minimum Gasteiger partial charge on any atom is -0.486 e. The van der Waals surface area contributed by atoms with E-state index in [1.54, 1.807) is 0 Å². The molecule has 1 unspecified atom stereocenters. The minimum atomic E-state index is 0.237. The van der Waals surface area contributed by atoms with Gasteiger partial charge in [-0.2, -0.15) is 0 Å². The summed E-state index contributed by atoms with van der Waals surface area (Å²) in [5.41, 5.74) is 1.58. The Balaban J connectivity index is 2.26. The Kier molecular flexibility index (Phi) is 4.35. The van der Waals surface area contributed by atoms with E-state index in [4.69, 9.17) is 9.47 Å². The summed E-state index contributed by atoms with van der Waals surface area (Å²) in [7, 11) is 2.00. The van der Waals surface area contributed by atoms with Crippen LogP contribution in [0, 0.1) is 5.41 Å². The molecule has 1 N–H and O–H groups in total. The fraction of sp³-hybridized carbons (Fsp3) is 0.625. The standard InChI is InChI=1S/C16H25NO2/c1-16(2,3)13(7-8-17-4)12-5-6-14-15(11-12)19-10-9-18-14/h5-6,11,13,17H,7-10H2,1-4H3. The molecule has 2 rings (SSSR count). The van der Waals surface area contributed by atoms with Crippen LogP contribution >= 0.6 is 0 Å². The lowest BCUT2D eigenvalue weighted by Crippen LogP contribution is -2.23. The molecule has 0 aromatic heterocycles. The lowest BCUT2D eigenvalue weighted by molar-refractivity contribution is 0.171. The van der Waals surface area contributed by atoms with E-state index in [1.807, 2.05) is 13.1 Å². The molecule has 3 nitrogen and oxygen atoms in total. The van der Waals surface area contributed by atoms with Gasteiger partial charge in [-0.3, -0.25) is 0 Å². The van der Waals surface area contributed by atoms with Crippen LogP contribution < -0.4 is 14.8 Å². The first-order chi connectivity index (χ1) is 9.02. The van der Waals surface area contributed by atoms with Gasteiger partial charge in [0.2, 0.25) is 0 Å². The molecule has 1 aromatic carbocycles. The Morgan fingerprint density at radius 2 is 1.84 bits per heavy atom. The van der Waals surface area contributed by atoms with Gasteiger partial charge in [-0.05, 0) is 49.0 Å². The van der Waals surface area contributed by atoms with E-state index in [9.17, 15) is 0 Å². The third-order valence-corrected chi connectivity index (χ3v) is 3.70. The predicted octanol–water partition coefficient (Wildman–Crippen LogP) is 3.20. The van der Waals surface area contributed by atoms with Gasteiger partial charge in [0.25, 0.3) is 0 Å². The van der Waals surface area contributed by atoms with E-state index in [-0.39, 0.29) is 5.41 Å². The highest BCUT2D eigenvalue weighted by Gasteiger charge is 2.27. The summed E-state index contributed by atoms with van der Waals surface area (Å²) in [5, 5.41) is 3.25. The largest absolute Gasteiger partial charge is 0.486 e. The SMILES string of the molecule is CNCCC(c1ccc2c(c1)OCCO2)C(C)(C)C. The highest BCUT2D eigenvalue weighted by atomic mass is 16.6. The minimum absolute atomic E-state index is 0.237. The fourth-order valence-electron chi connectivity index (χ4n) is 2.67. The molecule has 106 valence electrons. The molecular formula is C16H25NO2. The van der Waals surface area contributed by atoms with Gasteiger partial charge in [-0.25, -0.2) is 0 Å². The second-order valence-corrected chi connectivity index (χ2v) is 6.21. The molecule has 1 aliphatic rings. The number of benzene rings is 1. The lowest BCUT2D eigenvalue weighted by atomic mass is 9.74. The second-order valence-electron chi connectivity index (χ2n) is 6.21. The monoisotopic (exact) mass is 263 g/mol. The van der Waals surface area contributed by atoms with Gasteiger partial charge in [0, 0.05) is 0 Å². The molecule has 0 saturated heterocycles. The first kappa shape index (κ1) is 14.2. The number of ether oxygens (including phenoxy) is 2. The van der Waals surface area contributed by atoms with Crippen molar-refractivity contribution in [3.8, 4) is 11.5 Å². The summed E-state index contributed by atoms with van der Waals surface area (Å²) in [4.78, 5) is 0. The van der Waals surface area contributed by atoms with E-state index < -0.39 is 0 Å². The quantitative estimate of drug-likeness (QED) is 0.905. The fourth-order valence-corrected chi connectivity index (χ4v) is 2.67. The van der Waals surface area contributed by atoms with Crippen LogP contribution in [-0.4, -0.2) is 26.8 Å². The van der Waals surface area contributed by atoms with E-state index in [0.29, 0.717) is 19.1 Å². The first-order valence-corrected chi connectivity index (χ1v) is 7.06. The summed E-state index contributed by atoms with van der Waals surface area (Å²) in [6, 6.07) is 6.38. The molecule has 19 heavy (non-hydrogen) atoms. The molecule has 1 heterocycles. The normalized spacial score (nSPS) is 16.2. The maximum absolute atomic E-state index is 5.69. The van der Waals surface area contributed by atoms with Crippen LogP contribution in [0.2, 0.25) is 0 Å². The molecule has 0 spiro atoms. The van der Waals surface area contributed by atoms with Gasteiger partial charge >= 0.3 is 0 Å². The zero-order valence-corrected chi connectivity index (χ0v) is 12.5.